The van der Waals surface area contributed by atoms with Crippen LogP contribution in [0, 0.1) is 0 Å². The van der Waals surface area contributed by atoms with Crippen molar-refractivity contribution in [3.8, 4) is 0 Å². The molecule has 0 saturated carbocycles. The topological polar surface area (TPSA) is 70.9 Å². The summed E-state index contributed by atoms with van der Waals surface area (Å²) in [5, 5.41) is 13.5. The first-order chi connectivity index (χ1) is 11.8. The molecule has 0 unspecified atom stereocenters. The molecule has 126 valence electrons. The fourth-order valence-electron chi connectivity index (χ4n) is 3.69. The lowest BCUT2D eigenvalue weighted by Gasteiger charge is -2.19. The third-order valence-electron chi connectivity index (χ3n) is 4.70. The normalized spacial score (nSPS) is 14.2. The molecule has 1 aliphatic rings. The maximum Gasteiger partial charge on any atom is 0.147 e. The quantitative estimate of drug-likeness (QED) is 0.743. The van der Waals surface area contributed by atoms with Crippen LogP contribution in [-0.4, -0.2) is 33.2 Å². The first kappa shape index (κ1) is 15.7. The predicted octanol–water partition coefficient (Wildman–Crippen LogP) is 3.48. The van der Waals surface area contributed by atoms with Crippen molar-refractivity contribution >= 4 is 37.6 Å². The number of hydrogen-bond donors (Lipinski definition) is 2. The van der Waals surface area contributed by atoms with Crippen LogP contribution in [-0.2, 0) is 19.3 Å². The number of aliphatic hydroxyl groups is 1. The number of nitrogens with zero attached hydrogens (tertiary/aromatic N) is 3. The van der Waals surface area contributed by atoms with Crippen LogP contribution < -0.4 is 5.32 Å². The van der Waals surface area contributed by atoms with Gasteiger partial charge < -0.3 is 10.4 Å². The van der Waals surface area contributed by atoms with E-state index in [4.69, 9.17) is 10.1 Å². The Labute approximate surface area is 145 Å². The van der Waals surface area contributed by atoms with Gasteiger partial charge in [0.1, 0.15) is 17.0 Å². The number of fused-ring (bicyclic) bond motifs is 4. The Morgan fingerprint density at radius 1 is 1.25 bits per heavy atom. The summed E-state index contributed by atoms with van der Waals surface area (Å²) in [6, 6.07) is 0. The van der Waals surface area contributed by atoms with Gasteiger partial charge >= 0.3 is 0 Å². The minimum atomic E-state index is 0.0873. The minimum absolute atomic E-state index is 0.0873. The Morgan fingerprint density at radius 2 is 2.12 bits per heavy atom. The standard InChI is InChI=1S/C18H22N4OS/c1-2-5-12-11-6-3-4-7-13(11)22-18-14(12)15-16(24-18)17(19-8-9-23)21-10-20-15/h10,23H,2-9H2,1H3,(H,19,20,21). The predicted molar refractivity (Wildman–Crippen MR) is 98.9 cm³/mol. The Kier molecular flexibility index (Phi) is 4.33. The van der Waals surface area contributed by atoms with Crippen LogP contribution in [0.4, 0.5) is 5.82 Å². The van der Waals surface area contributed by atoms with Crippen molar-refractivity contribution in [2.45, 2.75) is 45.4 Å². The Bertz CT molecular complexity index is 890. The Balaban J connectivity index is 2.00. The Hall–Kier alpha value is -1.79. The molecule has 4 rings (SSSR count). The number of aliphatic hydroxyl groups excluding tert-OH is 1. The van der Waals surface area contributed by atoms with Crippen molar-refractivity contribution in [3.05, 3.63) is 23.1 Å². The zero-order valence-corrected chi connectivity index (χ0v) is 14.7. The lowest BCUT2D eigenvalue weighted by Crippen LogP contribution is -2.09. The van der Waals surface area contributed by atoms with Gasteiger partial charge in [-0.25, -0.2) is 15.0 Å². The fourth-order valence-corrected chi connectivity index (χ4v) is 4.83. The third-order valence-corrected chi connectivity index (χ3v) is 5.78. The molecule has 0 spiro atoms. The molecule has 6 heteroatoms. The monoisotopic (exact) mass is 342 g/mol. The highest BCUT2D eigenvalue weighted by Gasteiger charge is 2.22. The molecule has 3 heterocycles. The average molecular weight is 342 g/mol. The summed E-state index contributed by atoms with van der Waals surface area (Å²) in [5.41, 5.74) is 5.23. The van der Waals surface area contributed by atoms with Gasteiger partial charge in [-0.2, -0.15) is 0 Å². The van der Waals surface area contributed by atoms with E-state index in [9.17, 15) is 0 Å². The minimum Gasteiger partial charge on any atom is -0.395 e. The molecule has 0 fully saturated rings. The highest BCUT2D eigenvalue weighted by atomic mass is 32.1. The molecular weight excluding hydrogens is 320 g/mol. The first-order valence-corrected chi connectivity index (χ1v) is 9.57. The van der Waals surface area contributed by atoms with Crippen LogP contribution in [0.1, 0.15) is 43.0 Å². The number of hydrogen-bond acceptors (Lipinski definition) is 6. The molecule has 24 heavy (non-hydrogen) atoms. The third kappa shape index (κ3) is 2.54. The molecule has 0 bridgehead atoms. The van der Waals surface area contributed by atoms with Gasteiger partial charge in [-0.05, 0) is 43.2 Å². The zero-order valence-electron chi connectivity index (χ0n) is 13.9. The van der Waals surface area contributed by atoms with Gasteiger partial charge in [-0.15, -0.1) is 11.3 Å². The van der Waals surface area contributed by atoms with Gasteiger partial charge in [0.25, 0.3) is 0 Å². The van der Waals surface area contributed by atoms with Gasteiger partial charge in [-0.3, -0.25) is 0 Å². The smallest absolute Gasteiger partial charge is 0.147 e. The molecule has 0 radical (unpaired) electrons. The second-order valence-electron chi connectivity index (χ2n) is 6.31. The maximum absolute atomic E-state index is 9.08. The van der Waals surface area contributed by atoms with Crippen molar-refractivity contribution in [1.82, 2.24) is 15.0 Å². The van der Waals surface area contributed by atoms with E-state index in [0.29, 0.717) is 6.54 Å². The second kappa shape index (κ2) is 6.61. The van der Waals surface area contributed by atoms with Gasteiger partial charge in [-0.1, -0.05) is 13.3 Å². The summed E-state index contributed by atoms with van der Waals surface area (Å²) in [6.07, 6.45) is 8.56. The molecule has 5 nitrogen and oxygen atoms in total. The van der Waals surface area contributed by atoms with Crippen molar-refractivity contribution in [3.63, 3.8) is 0 Å². The average Bonchev–Trinajstić information content (AvgIpc) is 2.98. The fraction of sp³-hybridized carbons (Fsp3) is 0.500. The van der Waals surface area contributed by atoms with E-state index in [1.54, 1.807) is 17.7 Å². The molecular formula is C18H22N4OS. The number of anilines is 1. The van der Waals surface area contributed by atoms with Crippen LogP contribution in [0.3, 0.4) is 0 Å². The van der Waals surface area contributed by atoms with Gasteiger partial charge in [0.15, 0.2) is 0 Å². The molecule has 0 aromatic carbocycles. The number of aryl methyl sites for hydroxylation is 2. The van der Waals surface area contributed by atoms with E-state index in [1.165, 1.54) is 35.0 Å². The van der Waals surface area contributed by atoms with Gasteiger partial charge in [0.2, 0.25) is 0 Å². The lowest BCUT2D eigenvalue weighted by atomic mass is 9.89. The number of aromatic nitrogens is 3. The van der Waals surface area contributed by atoms with Crippen molar-refractivity contribution in [1.29, 1.82) is 0 Å². The summed E-state index contributed by atoms with van der Waals surface area (Å²) < 4.78 is 1.05. The van der Waals surface area contributed by atoms with Crippen molar-refractivity contribution < 1.29 is 5.11 Å². The van der Waals surface area contributed by atoms with Gasteiger partial charge in [0, 0.05) is 17.6 Å². The highest BCUT2D eigenvalue weighted by molar-refractivity contribution is 7.26. The summed E-state index contributed by atoms with van der Waals surface area (Å²) in [4.78, 5) is 15.0. The van der Waals surface area contributed by atoms with E-state index in [-0.39, 0.29) is 6.61 Å². The van der Waals surface area contributed by atoms with Crippen LogP contribution >= 0.6 is 11.3 Å². The van der Waals surface area contributed by atoms with Crippen molar-refractivity contribution in [2.75, 3.05) is 18.5 Å². The molecule has 0 aliphatic heterocycles. The van der Waals surface area contributed by atoms with E-state index in [2.05, 4.69) is 22.2 Å². The lowest BCUT2D eigenvalue weighted by molar-refractivity contribution is 0.311. The summed E-state index contributed by atoms with van der Waals surface area (Å²) in [5.74, 6) is 0.803. The van der Waals surface area contributed by atoms with Crippen molar-refractivity contribution in [2.24, 2.45) is 0 Å². The molecule has 0 saturated heterocycles. The highest BCUT2D eigenvalue weighted by Crippen LogP contribution is 2.40. The van der Waals surface area contributed by atoms with Gasteiger partial charge in [0.05, 0.1) is 16.8 Å². The van der Waals surface area contributed by atoms with E-state index < -0.39 is 0 Å². The van der Waals surface area contributed by atoms with E-state index >= 15 is 0 Å². The van der Waals surface area contributed by atoms with E-state index in [1.807, 2.05) is 0 Å². The second-order valence-corrected chi connectivity index (χ2v) is 7.30. The Morgan fingerprint density at radius 3 is 2.96 bits per heavy atom. The summed E-state index contributed by atoms with van der Waals surface area (Å²) >= 11 is 1.67. The molecule has 0 amide bonds. The molecule has 3 aromatic rings. The summed E-state index contributed by atoms with van der Waals surface area (Å²) in [6.45, 7) is 2.81. The zero-order chi connectivity index (χ0) is 16.5. The number of nitrogens with one attached hydrogen (secondary N) is 1. The number of rotatable bonds is 5. The largest absolute Gasteiger partial charge is 0.395 e. The summed E-state index contributed by atoms with van der Waals surface area (Å²) in [7, 11) is 0. The van der Waals surface area contributed by atoms with Crippen LogP contribution in [0.25, 0.3) is 20.4 Å². The number of pyridine rings is 1. The molecule has 0 atom stereocenters. The van der Waals surface area contributed by atoms with Crippen LogP contribution in [0.2, 0.25) is 0 Å². The van der Waals surface area contributed by atoms with Crippen LogP contribution in [0.15, 0.2) is 6.33 Å². The first-order valence-electron chi connectivity index (χ1n) is 8.76. The SMILES string of the molecule is CCCc1c2c(nc3sc4c(NCCO)ncnc4c13)CCCC2. The molecule has 3 aromatic heterocycles. The number of thiophene rings is 1. The molecule has 2 N–H and O–H groups in total. The maximum atomic E-state index is 9.08. The molecule has 1 aliphatic carbocycles. The van der Waals surface area contributed by atoms with Crippen LogP contribution in [0.5, 0.6) is 0 Å². The van der Waals surface area contributed by atoms with E-state index in [0.717, 1.165) is 46.5 Å².